The number of nitrogens with zero attached hydrogens (tertiary/aromatic N) is 1. The molecule has 80 valence electrons. The summed E-state index contributed by atoms with van der Waals surface area (Å²) in [5.41, 5.74) is 1.00. The smallest absolute Gasteiger partial charge is 0.140 e. The molecule has 1 aromatic rings. The third-order valence-electron chi connectivity index (χ3n) is 2.75. The molecule has 0 saturated heterocycles. The molecule has 1 atom stereocenters. The van der Waals surface area contributed by atoms with Gasteiger partial charge in [-0.1, -0.05) is 0 Å². The van der Waals surface area contributed by atoms with Crippen molar-refractivity contribution in [3.63, 3.8) is 0 Å². The van der Waals surface area contributed by atoms with Gasteiger partial charge in [0.2, 0.25) is 0 Å². The maximum Gasteiger partial charge on any atom is 0.140 e. The van der Waals surface area contributed by atoms with Crippen molar-refractivity contribution < 1.29 is 9.53 Å². The Bertz CT molecular complexity index is 362. The number of carbonyl (C=O) groups excluding carboxylic acids is 1. The molecule has 1 saturated carbocycles. The summed E-state index contributed by atoms with van der Waals surface area (Å²) in [7, 11) is 0. The third kappa shape index (κ3) is 2.17. The molecule has 3 nitrogen and oxygen atoms in total. The molecule has 1 fully saturated rings. The van der Waals surface area contributed by atoms with Crippen LogP contribution in [0.4, 0.5) is 0 Å². The van der Waals surface area contributed by atoms with Crippen LogP contribution in [0.3, 0.4) is 0 Å². The molecule has 1 aliphatic rings. The molecule has 3 heteroatoms. The Kier molecular flexibility index (Phi) is 2.99. The second-order valence-corrected chi connectivity index (χ2v) is 3.80. The van der Waals surface area contributed by atoms with Gasteiger partial charge < -0.3 is 4.74 Å². The largest absolute Gasteiger partial charge is 0.492 e. The number of Topliss-reactive ketones (excluding diaryl/α,β-unsaturated/α-hetero) is 1. The monoisotopic (exact) mass is 205 g/mol. The average Bonchev–Trinajstić information content (AvgIpc) is 2.65. The lowest BCUT2D eigenvalue weighted by atomic mass is 9.99. The third-order valence-corrected chi connectivity index (χ3v) is 2.75. The van der Waals surface area contributed by atoms with E-state index in [1.54, 1.807) is 12.4 Å². The average molecular weight is 205 g/mol. The summed E-state index contributed by atoms with van der Waals surface area (Å²) in [5.74, 6) is 1.15. The molecule has 0 aromatic carbocycles. The van der Waals surface area contributed by atoms with Gasteiger partial charge in [0, 0.05) is 18.5 Å². The zero-order valence-corrected chi connectivity index (χ0v) is 8.90. The lowest BCUT2D eigenvalue weighted by Gasteiger charge is -2.09. The van der Waals surface area contributed by atoms with Gasteiger partial charge in [-0.2, -0.15) is 0 Å². The fourth-order valence-electron chi connectivity index (χ4n) is 2.04. The van der Waals surface area contributed by atoms with E-state index in [9.17, 15) is 4.79 Å². The first-order valence-corrected chi connectivity index (χ1v) is 5.41. The van der Waals surface area contributed by atoms with Crippen LogP contribution in [0.5, 0.6) is 5.75 Å². The van der Waals surface area contributed by atoms with Crippen LogP contribution in [-0.2, 0) is 4.79 Å². The highest BCUT2D eigenvalue weighted by Gasteiger charge is 2.26. The van der Waals surface area contributed by atoms with Crippen molar-refractivity contribution in [2.75, 3.05) is 6.61 Å². The molecule has 2 rings (SSSR count). The van der Waals surface area contributed by atoms with E-state index in [1.165, 1.54) is 0 Å². The minimum atomic E-state index is 0.0536. The summed E-state index contributed by atoms with van der Waals surface area (Å²) >= 11 is 0. The molecular formula is C12H15NO2. The van der Waals surface area contributed by atoms with E-state index in [0.29, 0.717) is 18.8 Å². The van der Waals surface area contributed by atoms with Gasteiger partial charge in [0.25, 0.3) is 0 Å². The Morgan fingerprint density at radius 3 is 3.07 bits per heavy atom. The molecule has 0 bridgehead atoms. The number of hydrogen-bond acceptors (Lipinski definition) is 3. The molecule has 1 heterocycles. The number of hydrogen-bond donors (Lipinski definition) is 0. The molecule has 15 heavy (non-hydrogen) atoms. The summed E-state index contributed by atoms with van der Waals surface area (Å²) in [5, 5.41) is 0. The fraction of sp³-hybridized carbons (Fsp3) is 0.500. The van der Waals surface area contributed by atoms with Crippen molar-refractivity contribution in [2.45, 2.75) is 32.1 Å². The molecule has 0 aliphatic heterocycles. The van der Waals surface area contributed by atoms with Gasteiger partial charge in [-0.15, -0.1) is 0 Å². The number of carbonyl (C=O) groups is 1. The Hall–Kier alpha value is -1.38. The maximum absolute atomic E-state index is 11.6. The van der Waals surface area contributed by atoms with Crippen LogP contribution in [-0.4, -0.2) is 17.4 Å². The van der Waals surface area contributed by atoms with Crippen molar-refractivity contribution in [1.29, 1.82) is 0 Å². The van der Waals surface area contributed by atoms with Gasteiger partial charge >= 0.3 is 0 Å². The highest BCUT2D eigenvalue weighted by Crippen LogP contribution is 2.31. The van der Waals surface area contributed by atoms with Gasteiger partial charge in [-0.25, -0.2) is 0 Å². The van der Waals surface area contributed by atoms with Crippen LogP contribution in [0.15, 0.2) is 18.5 Å². The van der Waals surface area contributed by atoms with Crippen LogP contribution in [0, 0.1) is 0 Å². The van der Waals surface area contributed by atoms with Crippen LogP contribution in [0.2, 0.25) is 0 Å². The molecule has 1 unspecified atom stereocenters. The number of aromatic nitrogens is 1. The van der Waals surface area contributed by atoms with Gasteiger partial charge in [-0.3, -0.25) is 9.78 Å². The normalized spacial score (nSPS) is 20.6. The molecular weight excluding hydrogens is 190 g/mol. The quantitative estimate of drug-likeness (QED) is 0.760. The van der Waals surface area contributed by atoms with Gasteiger partial charge in [0.15, 0.2) is 0 Å². The lowest BCUT2D eigenvalue weighted by molar-refractivity contribution is -0.118. The standard InChI is InChI=1S/C12H15NO2/c1-2-15-10-6-9(7-13-8-10)11-4-3-5-12(11)14/h6-8,11H,2-5H2,1H3. The van der Waals surface area contributed by atoms with E-state index >= 15 is 0 Å². The highest BCUT2D eigenvalue weighted by molar-refractivity contribution is 5.87. The Balaban J connectivity index is 2.20. The SMILES string of the molecule is CCOc1cncc(C2CCCC2=O)c1. The van der Waals surface area contributed by atoms with E-state index in [1.807, 2.05) is 13.0 Å². The zero-order chi connectivity index (χ0) is 10.7. The topological polar surface area (TPSA) is 39.2 Å². The summed E-state index contributed by atoms with van der Waals surface area (Å²) < 4.78 is 5.37. The van der Waals surface area contributed by atoms with Crippen molar-refractivity contribution in [1.82, 2.24) is 4.98 Å². The van der Waals surface area contributed by atoms with Crippen molar-refractivity contribution in [2.24, 2.45) is 0 Å². The molecule has 0 N–H and O–H groups in total. The molecule has 0 amide bonds. The molecule has 1 aromatic heterocycles. The van der Waals surface area contributed by atoms with Gasteiger partial charge in [0.05, 0.1) is 12.8 Å². The van der Waals surface area contributed by atoms with Crippen molar-refractivity contribution >= 4 is 5.78 Å². The number of ether oxygens (including phenoxy) is 1. The molecule has 0 spiro atoms. The van der Waals surface area contributed by atoms with Crippen molar-refractivity contribution in [3.05, 3.63) is 24.0 Å². The molecule has 0 radical (unpaired) electrons. The zero-order valence-electron chi connectivity index (χ0n) is 8.90. The first kappa shape index (κ1) is 10.1. The number of ketones is 1. The summed E-state index contributed by atoms with van der Waals surface area (Å²) in [6.07, 6.45) is 6.13. The van der Waals surface area contributed by atoms with Crippen LogP contribution >= 0.6 is 0 Å². The van der Waals surface area contributed by atoms with Crippen LogP contribution in [0.1, 0.15) is 37.7 Å². The highest BCUT2D eigenvalue weighted by atomic mass is 16.5. The van der Waals surface area contributed by atoms with Crippen LogP contribution in [0.25, 0.3) is 0 Å². The first-order valence-electron chi connectivity index (χ1n) is 5.41. The second kappa shape index (κ2) is 4.43. The number of rotatable bonds is 3. The van der Waals surface area contributed by atoms with Crippen LogP contribution < -0.4 is 4.74 Å². The predicted octanol–water partition coefficient (Wildman–Crippen LogP) is 2.32. The van der Waals surface area contributed by atoms with E-state index in [-0.39, 0.29) is 5.92 Å². The maximum atomic E-state index is 11.6. The fourth-order valence-corrected chi connectivity index (χ4v) is 2.04. The Morgan fingerprint density at radius 2 is 2.40 bits per heavy atom. The van der Waals surface area contributed by atoms with Gasteiger partial charge in [0.1, 0.15) is 11.5 Å². The van der Waals surface area contributed by atoms with E-state index in [4.69, 9.17) is 4.74 Å². The lowest BCUT2D eigenvalue weighted by Crippen LogP contribution is -2.05. The Labute approximate surface area is 89.5 Å². The van der Waals surface area contributed by atoms with Crippen molar-refractivity contribution in [3.8, 4) is 5.75 Å². The summed E-state index contributed by atoms with van der Waals surface area (Å²) in [6, 6.07) is 1.93. The molecule has 1 aliphatic carbocycles. The first-order chi connectivity index (χ1) is 7.31. The predicted molar refractivity (Wildman–Crippen MR) is 57.0 cm³/mol. The minimum Gasteiger partial charge on any atom is -0.492 e. The van der Waals surface area contributed by atoms with Gasteiger partial charge in [-0.05, 0) is 31.4 Å². The number of pyridine rings is 1. The second-order valence-electron chi connectivity index (χ2n) is 3.80. The van der Waals surface area contributed by atoms with E-state index < -0.39 is 0 Å². The minimum absolute atomic E-state index is 0.0536. The van der Waals surface area contributed by atoms with E-state index in [2.05, 4.69) is 4.98 Å². The summed E-state index contributed by atoms with van der Waals surface area (Å²) in [6.45, 7) is 2.57. The van der Waals surface area contributed by atoms with E-state index in [0.717, 1.165) is 24.2 Å². The Morgan fingerprint density at radius 1 is 1.53 bits per heavy atom. The summed E-state index contributed by atoms with van der Waals surface area (Å²) in [4.78, 5) is 15.7.